The first-order chi connectivity index (χ1) is 14.1. The number of sulfonamides is 1. The third-order valence-electron chi connectivity index (χ3n) is 4.14. The normalized spacial score (nSPS) is 11.4. The second-order valence-corrected chi connectivity index (χ2v) is 9.03. The van der Waals surface area contributed by atoms with E-state index in [0.29, 0.717) is 6.54 Å². The van der Waals surface area contributed by atoms with E-state index in [0.717, 1.165) is 34.0 Å². The molecule has 0 aliphatic carbocycles. The molecule has 0 fully saturated rings. The molecule has 0 radical (unpaired) electrons. The average Bonchev–Trinajstić information content (AvgIpc) is 2.65. The minimum Gasteiger partial charge on any atom is -0.491 e. The second kappa shape index (κ2) is 10.4. The standard InChI is InChI=1S/C21H26F2N2O4S/c1-15(2)29-18-9-6-16(7-10-18)14-24-21(26)5-4-12-25(30(3,27)28)17-8-11-19(22)20(23)13-17/h6-11,13,15H,4-5,12,14H2,1-3H3,(H,24,26). The van der Waals surface area contributed by atoms with Gasteiger partial charge in [-0.1, -0.05) is 12.1 Å². The van der Waals surface area contributed by atoms with E-state index in [1.54, 1.807) is 0 Å². The molecule has 9 heteroatoms. The first-order valence-corrected chi connectivity index (χ1v) is 11.4. The van der Waals surface area contributed by atoms with Gasteiger partial charge in [-0.25, -0.2) is 17.2 Å². The van der Waals surface area contributed by atoms with Gasteiger partial charge in [-0.3, -0.25) is 9.10 Å². The van der Waals surface area contributed by atoms with Crippen LogP contribution < -0.4 is 14.4 Å². The molecule has 0 aliphatic rings. The van der Waals surface area contributed by atoms with Crippen molar-refractivity contribution < 1.29 is 26.7 Å². The molecule has 0 saturated carbocycles. The number of nitrogens with zero attached hydrogens (tertiary/aromatic N) is 1. The maximum absolute atomic E-state index is 13.5. The third kappa shape index (κ3) is 7.29. The molecule has 164 valence electrons. The molecule has 0 unspecified atom stereocenters. The molecular formula is C21H26F2N2O4S. The molecule has 0 bridgehead atoms. The van der Waals surface area contributed by atoms with Crippen molar-refractivity contribution in [1.29, 1.82) is 0 Å². The fraction of sp³-hybridized carbons (Fsp3) is 0.381. The summed E-state index contributed by atoms with van der Waals surface area (Å²) in [5, 5.41) is 2.77. The van der Waals surface area contributed by atoms with Crippen molar-refractivity contribution in [3.05, 3.63) is 59.7 Å². The molecule has 0 aliphatic heterocycles. The first-order valence-electron chi connectivity index (χ1n) is 9.51. The number of halogens is 2. The zero-order chi connectivity index (χ0) is 22.3. The zero-order valence-corrected chi connectivity index (χ0v) is 18.0. The van der Waals surface area contributed by atoms with E-state index in [-0.39, 0.29) is 37.1 Å². The summed E-state index contributed by atoms with van der Waals surface area (Å²) < 4.78 is 57.1. The number of carbonyl (C=O) groups is 1. The van der Waals surface area contributed by atoms with Crippen LogP contribution in [0, 0.1) is 11.6 Å². The maximum atomic E-state index is 13.5. The van der Waals surface area contributed by atoms with Crippen LogP contribution in [0.4, 0.5) is 14.5 Å². The summed E-state index contributed by atoms with van der Waals surface area (Å²) >= 11 is 0. The number of hydrogen-bond acceptors (Lipinski definition) is 4. The Bertz CT molecular complexity index is 963. The van der Waals surface area contributed by atoms with Crippen LogP contribution in [0.3, 0.4) is 0 Å². The van der Waals surface area contributed by atoms with Crippen LogP contribution in [-0.4, -0.2) is 33.2 Å². The Kier molecular flexibility index (Phi) is 8.16. The Hall–Kier alpha value is -2.68. The highest BCUT2D eigenvalue weighted by atomic mass is 32.2. The van der Waals surface area contributed by atoms with Crippen molar-refractivity contribution in [2.75, 3.05) is 17.1 Å². The Labute approximate surface area is 175 Å². The number of hydrogen-bond donors (Lipinski definition) is 1. The zero-order valence-electron chi connectivity index (χ0n) is 17.2. The highest BCUT2D eigenvalue weighted by Crippen LogP contribution is 2.21. The molecule has 0 atom stereocenters. The molecule has 2 aromatic rings. The van der Waals surface area contributed by atoms with Crippen molar-refractivity contribution >= 4 is 21.6 Å². The molecule has 0 aromatic heterocycles. The molecule has 0 spiro atoms. The Morgan fingerprint density at radius 1 is 1.10 bits per heavy atom. The van der Waals surface area contributed by atoms with Crippen LogP contribution in [0.25, 0.3) is 0 Å². The van der Waals surface area contributed by atoms with Gasteiger partial charge in [-0.15, -0.1) is 0 Å². The number of carbonyl (C=O) groups excluding carboxylic acids is 1. The predicted octanol–water partition coefficient (Wildman–Crippen LogP) is 3.61. The van der Waals surface area contributed by atoms with Crippen molar-refractivity contribution in [2.45, 2.75) is 39.3 Å². The molecular weight excluding hydrogens is 414 g/mol. The van der Waals surface area contributed by atoms with E-state index >= 15 is 0 Å². The van der Waals surface area contributed by atoms with Gasteiger partial charge in [0.1, 0.15) is 5.75 Å². The van der Waals surface area contributed by atoms with Crippen LogP contribution in [0.15, 0.2) is 42.5 Å². The van der Waals surface area contributed by atoms with Crippen LogP contribution in [0.1, 0.15) is 32.3 Å². The van der Waals surface area contributed by atoms with Crippen LogP contribution in [-0.2, 0) is 21.4 Å². The van der Waals surface area contributed by atoms with Gasteiger partial charge in [-0.2, -0.15) is 0 Å². The maximum Gasteiger partial charge on any atom is 0.232 e. The summed E-state index contributed by atoms with van der Waals surface area (Å²) in [6.07, 6.45) is 1.36. The lowest BCUT2D eigenvalue weighted by Gasteiger charge is -2.22. The lowest BCUT2D eigenvalue weighted by molar-refractivity contribution is -0.121. The van der Waals surface area contributed by atoms with E-state index < -0.39 is 21.7 Å². The number of anilines is 1. The summed E-state index contributed by atoms with van der Waals surface area (Å²) in [7, 11) is -3.71. The van der Waals surface area contributed by atoms with Crippen LogP contribution >= 0.6 is 0 Å². The Morgan fingerprint density at radius 2 is 1.77 bits per heavy atom. The first kappa shape index (κ1) is 23.6. The predicted molar refractivity (Wildman–Crippen MR) is 112 cm³/mol. The monoisotopic (exact) mass is 440 g/mol. The number of amides is 1. The molecule has 1 amide bonds. The van der Waals surface area contributed by atoms with Crippen LogP contribution in [0.2, 0.25) is 0 Å². The molecule has 2 rings (SSSR count). The van der Waals surface area contributed by atoms with E-state index in [4.69, 9.17) is 4.74 Å². The fourth-order valence-electron chi connectivity index (χ4n) is 2.76. The molecule has 0 heterocycles. The van der Waals surface area contributed by atoms with Gasteiger partial charge in [0.05, 0.1) is 18.0 Å². The van der Waals surface area contributed by atoms with E-state index in [2.05, 4.69) is 5.32 Å². The van der Waals surface area contributed by atoms with E-state index in [1.165, 1.54) is 6.07 Å². The lowest BCUT2D eigenvalue weighted by atomic mass is 10.2. The van der Waals surface area contributed by atoms with E-state index in [9.17, 15) is 22.0 Å². The average molecular weight is 441 g/mol. The summed E-state index contributed by atoms with van der Waals surface area (Å²) in [6.45, 7) is 4.18. The smallest absolute Gasteiger partial charge is 0.232 e. The van der Waals surface area contributed by atoms with Crippen molar-refractivity contribution in [3.8, 4) is 5.75 Å². The van der Waals surface area contributed by atoms with Gasteiger partial charge in [0.2, 0.25) is 15.9 Å². The molecule has 2 aromatic carbocycles. The fourth-order valence-corrected chi connectivity index (χ4v) is 3.71. The summed E-state index contributed by atoms with van der Waals surface area (Å²) in [5.41, 5.74) is 0.916. The number of ether oxygens (including phenoxy) is 1. The van der Waals surface area contributed by atoms with Gasteiger partial charge in [-0.05, 0) is 50.1 Å². The highest BCUT2D eigenvalue weighted by molar-refractivity contribution is 7.92. The summed E-state index contributed by atoms with van der Waals surface area (Å²) in [6, 6.07) is 10.2. The summed E-state index contributed by atoms with van der Waals surface area (Å²) in [4.78, 5) is 12.1. The molecule has 30 heavy (non-hydrogen) atoms. The van der Waals surface area contributed by atoms with Crippen molar-refractivity contribution in [1.82, 2.24) is 5.32 Å². The topological polar surface area (TPSA) is 75.7 Å². The largest absolute Gasteiger partial charge is 0.491 e. The number of nitrogens with one attached hydrogen (secondary N) is 1. The van der Waals surface area contributed by atoms with E-state index in [1.807, 2.05) is 38.1 Å². The van der Waals surface area contributed by atoms with Crippen LogP contribution in [0.5, 0.6) is 5.75 Å². The third-order valence-corrected chi connectivity index (χ3v) is 5.34. The number of benzene rings is 2. The lowest BCUT2D eigenvalue weighted by Crippen LogP contribution is -2.32. The highest BCUT2D eigenvalue weighted by Gasteiger charge is 2.19. The Balaban J connectivity index is 1.86. The minimum absolute atomic E-state index is 0.0144. The molecule has 1 N–H and O–H groups in total. The quantitative estimate of drug-likeness (QED) is 0.612. The van der Waals surface area contributed by atoms with Gasteiger partial charge in [0.25, 0.3) is 0 Å². The Morgan fingerprint density at radius 3 is 2.33 bits per heavy atom. The van der Waals surface area contributed by atoms with Crippen molar-refractivity contribution in [3.63, 3.8) is 0 Å². The van der Waals surface area contributed by atoms with Crippen molar-refractivity contribution in [2.24, 2.45) is 0 Å². The minimum atomic E-state index is -3.71. The van der Waals surface area contributed by atoms with Gasteiger partial charge >= 0.3 is 0 Å². The molecule has 6 nitrogen and oxygen atoms in total. The van der Waals surface area contributed by atoms with Gasteiger partial charge in [0.15, 0.2) is 11.6 Å². The summed E-state index contributed by atoms with van der Waals surface area (Å²) in [5.74, 6) is -1.69. The van der Waals surface area contributed by atoms with Gasteiger partial charge in [0, 0.05) is 25.6 Å². The molecule has 0 saturated heterocycles. The van der Waals surface area contributed by atoms with Gasteiger partial charge < -0.3 is 10.1 Å². The number of rotatable bonds is 10. The second-order valence-electron chi connectivity index (χ2n) is 7.12. The SMILES string of the molecule is CC(C)Oc1ccc(CNC(=O)CCCN(c2ccc(F)c(F)c2)S(C)(=O)=O)cc1.